The molecule has 0 saturated carbocycles. The minimum absolute atomic E-state index is 0.208. The number of anilines is 1. The van der Waals surface area contributed by atoms with Gasteiger partial charge in [-0.3, -0.25) is 4.79 Å². The third-order valence-electron chi connectivity index (χ3n) is 4.47. The third-order valence-corrected chi connectivity index (χ3v) is 5.31. The Bertz CT molecular complexity index is 1130. The molecule has 1 N–H and O–H groups in total. The van der Waals surface area contributed by atoms with Crippen LogP contribution in [0.25, 0.3) is 6.08 Å². The van der Waals surface area contributed by atoms with Gasteiger partial charge in [0.05, 0.1) is 9.26 Å². The van der Waals surface area contributed by atoms with Gasteiger partial charge >= 0.3 is 6.03 Å². The number of hydrogen-bond acceptors (Lipinski definition) is 3. The fourth-order valence-corrected chi connectivity index (χ4v) is 3.67. The molecule has 0 bridgehead atoms. The molecule has 1 aliphatic heterocycles. The molecular weight excluding hydrogens is 498 g/mol. The summed E-state index contributed by atoms with van der Waals surface area (Å²) in [6.07, 6.45) is 1.63. The highest BCUT2D eigenvalue weighted by molar-refractivity contribution is 14.1. The second kappa shape index (κ2) is 8.66. The lowest BCUT2D eigenvalue weighted by molar-refractivity contribution is -0.113. The number of urea groups is 1. The molecule has 4 rings (SSSR count). The molecule has 150 valence electrons. The highest BCUT2D eigenvalue weighted by atomic mass is 127. The van der Waals surface area contributed by atoms with Crippen molar-refractivity contribution in [1.82, 2.24) is 5.32 Å². The Kier molecular flexibility index (Phi) is 5.80. The van der Waals surface area contributed by atoms with Gasteiger partial charge in [-0.1, -0.05) is 36.4 Å². The minimum Gasteiger partial charge on any atom is -0.488 e. The molecule has 7 heteroatoms. The molecule has 3 aromatic carbocycles. The van der Waals surface area contributed by atoms with Gasteiger partial charge in [0.1, 0.15) is 23.9 Å². The lowest BCUT2D eigenvalue weighted by Crippen LogP contribution is -2.30. The van der Waals surface area contributed by atoms with Crippen molar-refractivity contribution in [3.8, 4) is 5.75 Å². The number of carbonyl (C=O) groups is 2. The molecule has 5 nitrogen and oxygen atoms in total. The van der Waals surface area contributed by atoms with Gasteiger partial charge in [-0.2, -0.15) is 0 Å². The van der Waals surface area contributed by atoms with Crippen LogP contribution >= 0.6 is 22.6 Å². The molecule has 0 radical (unpaired) electrons. The molecular formula is C23H16FIN2O3. The van der Waals surface area contributed by atoms with E-state index >= 15 is 0 Å². The van der Waals surface area contributed by atoms with Crippen molar-refractivity contribution < 1.29 is 18.7 Å². The summed E-state index contributed by atoms with van der Waals surface area (Å²) in [5.41, 5.74) is 2.34. The Labute approximate surface area is 186 Å². The molecule has 3 amide bonds. The lowest BCUT2D eigenvalue weighted by Gasteiger charge is -2.11. The van der Waals surface area contributed by atoms with Crippen molar-refractivity contribution in [1.29, 1.82) is 0 Å². The topological polar surface area (TPSA) is 58.6 Å². The standard InChI is InChI=1S/C23H16FIN2O3/c24-17-9-6-15(7-10-17)14-30-21-11-8-16(12-19(21)25)13-20-22(28)27(23(29)26-20)18-4-2-1-3-5-18/h1-13H,14H2,(H,26,29)/b20-13+. The monoisotopic (exact) mass is 514 g/mol. The van der Waals surface area contributed by atoms with Gasteiger partial charge in [0.2, 0.25) is 0 Å². The van der Waals surface area contributed by atoms with E-state index < -0.39 is 11.9 Å². The zero-order valence-corrected chi connectivity index (χ0v) is 17.8. The Morgan fingerprint density at radius 1 is 1.00 bits per heavy atom. The van der Waals surface area contributed by atoms with Gasteiger partial charge in [0.25, 0.3) is 5.91 Å². The number of halogens is 2. The summed E-state index contributed by atoms with van der Waals surface area (Å²) < 4.78 is 19.7. The summed E-state index contributed by atoms with van der Waals surface area (Å²) in [5.74, 6) is -0.0160. The summed E-state index contributed by atoms with van der Waals surface area (Å²) in [7, 11) is 0. The maximum atomic E-state index is 13.0. The molecule has 1 fully saturated rings. The summed E-state index contributed by atoms with van der Waals surface area (Å²) in [6.45, 7) is 0.317. The molecule has 1 saturated heterocycles. The van der Waals surface area contributed by atoms with E-state index in [1.54, 1.807) is 54.6 Å². The predicted octanol–water partition coefficient (Wildman–Crippen LogP) is 5.11. The van der Waals surface area contributed by atoms with E-state index in [9.17, 15) is 14.0 Å². The number of imide groups is 1. The van der Waals surface area contributed by atoms with Crippen molar-refractivity contribution in [3.63, 3.8) is 0 Å². The van der Waals surface area contributed by atoms with Gasteiger partial charge in [-0.05, 0) is 76.2 Å². The van der Waals surface area contributed by atoms with Crippen molar-refractivity contribution >= 4 is 46.3 Å². The maximum absolute atomic E-state index is 13.0. The fraction of sp³-hybridized carbons (Fsp3) is 0.0435. The van der Waals surface area contributed by atoms with Gasteiger partial charge in [-0.25, -0.2) is 14.1 Å². The lowest BCUT2D eigenvalue weighted by atomic mass is 10.1. The van der Waals surface area contributed by atoms with E-state index in [0.29, 0.717) is 18.0 Å². The highest BCUT2D eigenvalue weighted by Gasteiger charge is 2.34. The second-order valence-electron chi connectivity index (χ2n) is 6.57. The molecule has 0 atom stereocenters. The quantitative estimate of drug-likeness (QED) is 0.293. The summed E-state index contributed by atoms with van der Waals surface area (Å²) in [5, 5.41) is 2.62. The number of benzene rings is 3. The first-order chi connectivity index (χ1) is 14.5. The Morgan fingerprint density at radius 3 is 2.43 bits per heavy atom. The summed E-state index contributed by atoms with van der Waals surface area (Å²) in [4.78, 5) is 26.0. The molecule has 1 aliphatic rings. The number of para-hydroxylation sites is 1. The minimum atomic E-state index is -0.480. The van der Waals surface area contributed by atoms with Gasteiger partial charge in [0, 0.05) is 0 Å². The van der Waals surface area contributed by atoms with Crippen LogP contribution in [0.15, 0.2) is 78.5 Å². The first-order valence-corrected chi connectivity index (χ1v) is 10.2. The number of carbonyl (C=O) groups excluding carboxylic acids is 2. The largest absolute Gasteiger partial charge is 0.488 e. The fourth-order valence-electron chi connectivity index (χ4n) is 2.98. The normalized spacial score (nSPS) is 14.9. The van der Waals surface area contributed by atoms with E-state index in [0.717, 1.165) is 19.6 Å². The van der Waals surface area contributed by atoms with Crippen LogP contribution in [-0.4, -0.2) is 11.9 Å². The van der Waals surface area contributed by atoms with E-state index in [4.69, 9.17) is 4.74 Å². The second-order valence-corrected chi connectivity index (χ2v) is 7.73. The van der Waals surface area contributed by atoms with Gasteiger partial charge in [0.15, 0.2) is 0 Å². The number of nitrogens with zero attached hydrogens (tertiary/aromatic N) is 1. The Hall–Kier alpha value is -3.20. The summed E-state index contributed by atoms with van der Waals surface area (Å²) >= 11 is 2.15. The van der Waals surface area contributed by atoms with Crippen LogP contribution in [-0.2, 0) is 11.4 Å². The van der Waals surface area contributed by atoms with Gasteiger partial charge in [-0.15, -0.1) is 0 Å². The van der Waals surface area contributed by atoms with Crippen molar-refractivity contribution in [2.24, 2.45) is 0 Å². The van der Waals surface area contributed by atoms with Crippen LogP contribution in [0.5, 0.6) is 5.75 Å². The zero-order valence-electron chi connectivity index (χ0n) is 15.6. The molecule has 0 aliphatic carbocycles. The highest BCUT2D eigenvalue weighted by Crippen LogP contribution is 2.26. The van der Waals surface area contributed by atoms with Crippen molar-refractivity contribution in [2.75, 3.05) is 4.90 Å². The molecule has 1 heterocycles. The third kappa shape index (κ3) is 4.35. The van der Waals surface area contributed by atoms with Crippen LogP contribution in [0.2, 0.25) is 0 Å². The zero-order chi connectivity index (χ0) is 21.1. The molecule has 3 aromatic rings. The molecule has 0 unspecified atom stereocenters. The first kappa shape index (κ1) is 20.1. The van der Waals surface area contributed by atoms with Crippen LogP contribution in [0.4, 0.5) is 14.9 Å². The maximum Gasteiger partial charge on any atom is 0.333 e. The predicted molar refractivity (Wildman–Crippen MR) is 120 cm³/mol. The Balaban J connectivity index is 1.49. The average Bonchev–Trinajstić information content (AvgIpc) is 3.02. The summed E-state index contributed by atoms with van der Waals surface area (Å²) in [6, 6.07) is 19.9. The first-order valence-electron chi connectivity index (χ1n) is 9.10. The molecule has 0 spiro atoms. The number of rotatable bonds is 5. The average molecular weight is 514 g/mol. The van der Waals surface area contributed by atoms with Gasteiger partial charge < -0.3 is 10.1 Å². The van der Waals surface area contributed by atoms with E-state index in [2.05, 4.69) is 27.9 Å². The SMILES string of the molecule is O=C1N/C(=C/c2ccc(OCc3ccc(F)cc3)c(I)c2)C(=O)N1c1ccccc1. The van der Waals surface area contributed by atoms with Crippen LogP contribution in [0.1, 0.15) is 11.1 Å². The number of nitrogens with one attached hydrogen (secondary N) is 1. The van der Waals surface area contributed by atoms with Crippen LogP contribution in [0, 0.1) is 9.39 Å². The molecule has 30 heavy (non-hydrogen) atoms. The number of hydrogen-bond donors (Lipinski definition) is 1. The Morgan fingerprint density at radius 2 is 1.73 bits per heavy atom. The molecule has 0 aromatic heterocycles. The van der Waals surface area contributed by atoms with E-state index in [-0.39, 0.29) is 11.5 Å². The van der Waals surface area contributed by atoms with E-state index in [1.807, 2.05) is 12.1 Å². The smallest absolute Gasteiger partial charge is 0.333 e. The number of amides is 3. The van der Waals surface area contributed by atoms with Crippen molar-refractivity contribution in [2.45, 2.75) is 6.61 Å². The van der Waals surface area contributed by atoms with Crippen molar-refractivity contribution in [3.05, 3.63) is 99.0 Å². The van der Waals surface area contributed by atoms with E-state index in [1.165, 1.54) is 12.1 Å². The van der Waals surface area contributed by atoms with Crippen LogP contribution in [0.3, 0.4) is 0 Å². The number of ether oxygens (including phenoxy) is 1. The van der Waals surface area contributed by atoms with Crippen LogP contribution < -0.4 is 15.0 Å².